The number of imidazole rings is 1. The lowest BCUT2D eigenvalue weighted by atomic mass is 10.2. The molecule has 170 valence electrons. The predicted molar refractivity (Wildman–Crippen MR) is 133 cm³/mol. The summed E-state index contributed by atoms with van der Waals surface area (Å²) in [7, 11) is -3.74. The van der Waals surface area contributed by atoms with Crippen molar-refractivity contribution in [3.8, 4) is 11.4 Å². The van der Waals surface area contributed by atoms with Gasteiger partial charge in [-0.3, -0.25) is 0 Å². The standard InChI is InChI=1S/C24H21N7O2S/c1-15-14-26-24(28-18-10-12-19(13-11-18)34(25,32)33)31-22(15)27-17-8-6-16(7-9-17)23-29-20-4-2-3-5-21(20)30-23/h2-14H,1H3,(H,29,30)(H2,25,32,33)(H2,26,27,28,31). The second-order valence-electron chi connectivity index (χ2n) is 7.72. The van der Waals surface area contributed by atoms with Crippen LogP contribution < -0.4 is 15.8 Å². The van der Waals surface area contributed by atoms with Crippen LogP contribution in [0.25, 0.3) is 22.4 Å². The van der Waals surface area contributed by atoms with E-state index in [1.807, 2.05) is 55.5 Å². The summed E-state index contributed by atoms with van der Waals surface area (Å²) in [5.41, 5.74) is 5.27. The van der Waals surface area contributed by atoms with Gasteiger partial charge >= 0.3 is 0 Å². The fourth-order valence-corrected chi connectivity index (χ4v) is 3.94. The van der Waals surface area contributed by atoms with Crippen molar-refractivity contribution in [3.63, 3.8) is 0 Å². The highest BCUT2D eigenvalue weighted by Gasteiger charge is 2.09. The predicted octanol–water partition coefficient (Wildman–Crippen LogP) is 4.46. The Balaban J connectivity index is 1.32. The van der Waals surface area contributed by atoms with Crippen molar-refractivity contribution in [2.75, 3.05) is 10.6 Å². The van der Waals surface area contributed by atoms with Crippen LogP contribution in [0.5, 0.6) is 0 Å². The number of nitrogens with zero attached hydrogens (tertiary/aromatic N) is 3. The zero-order chi connectivity index (χ0) is 23.7. The van der Waals surface area contributed by atoms with E-state index in [-0.39, 0.29) is 4.90 Å². The van der Waals surface area contributed by atoms with Gasteiger partial charge in [0.05, 0.1) is 15.9 Å². The van der Waals surface area contributed by atoms with E-state index in [0.29, 0.717) is 17.5 Å². The normalized spacial score (nSPS) is 11.5. The summed E-state index contributed by atoms with van der Waals surface area (Å²) < 4.78 is 22.8. The van der Waals surface area contributed by atoms with Crippen LogP contribution in [0.1, 0.15) is 5.56 Å². The number of aromatic nitrogens is 4. The van der Waals surface area contributed by atoms with Crippen LogP contribution in [0.3, 0.4) is 0 Å². The first-order chi connectivity index (χ1) is 16.3. The monoisotopic (exact) mass is 471 g/mol. The quantitative estimate of drug-likeness (QED) is 0.287. The molecule has 0 fully saturated rings. The first-order valence-corrected chi connectivity index (χ1v) is 12.0. The lowest BCUT2D eigenvalue weighted by Gasteiger charge is -2.11. The van der Waals surface area contributed by atoms with Crippen LogP contribution in [0.2, 0.25) is 0 Å². The number of nitrogens with one attached hydrogen (secondary N) is 3. The third kappa shape index (κ3) is 4.58. The van der Waals surface area contributed by atoms with Gasteiger partial charge in [0.15, 0.2) is 0 Å². The number of nitrogens with two attached hydrogens (primary N) is 1. The molecule has 2 heterocycles. The maximum Gasteiger partial charge on any atom is 0.238 e. The Labute approximate surface area is 196 Å². The SMILES string of the molecule is Cc1cnc(Nc2ccc(S(N)(=O)=O)cc2)nc1Nc1ccc(-c2nc3ccccc3[nH]2)cc1. The molecule has 9 nitrogen and oxygen atoms in total. The maximum atomic E-state index is 11.4. The molecule has 0 amide bonds. The molecule has 2 aromatic heterocycles. The number of hydrogen-bond donors (Lipinski definition) is 4. The number of primary sulfonamides is 1. The molecule has 0 spiro atoms. The highest BCUT2D eigenvalue weighted by atomic mass is 32.2. The summed E-state index contributed by atoms with van der Waals surface area (Å²) >= 11 is 0. The molecule has 0 saturated heterocycles. The fraction of sp³-hybridized carbons (Fsp3) is 0.0417. The van der Waals surface area contributed by atoms with Crippen LogP contribution in [0.4, 0.5) is 23.1 Å². The summed E-state index contributed by atoms with van der Waals surface area (Å²) in [6.45, 7) is 1.91. The van der Waals surface area contributed by atoms with Gasteiger partial charge in [-0.2, -0.15) is 4.98 Å². The Morgan fingerprint density at radius 3 is 2.24 bits per heavy atom. The second kappa shape index (κ2) is 8.58. The summed E-state index contributed by atoms with van der Waals surface area (Å²) in [5, 5.41) is 11.5. The topological polar surface area (TPSA) is 139 Å². The molecule has 0 radical (unpaired) electrons. The molecule has 0 aliphatic rings. The van der Waals surface area contributed by atoms with Gasteiger partial charge in [-0.1, -0.05) is 12.1 Å². The number of H-pyrrole nitrogens is 1. The largest absolute Gasteiger partial charge is 0.340 e. The number of benzene rings is 3. The van der Waals surface area contributed by atoms with Crippen molar-refractivity contribution in [2.24, 2.45) is 5.14 Å². The number of sulfonamides is 1. The van der Waals surface area contributed by atoms with E-state index in [0.717, 1.165) is 33.7 Å². The minimum absolute atomic E-state index is 0.0383. The summed E-state index contributed by atoms with van der Waals surface area (Å²) in [6, 6.07) is 21.9. The Morgan fingerprint density at radius 2 is 1.53 bits per heavy atom. The van der Waals surface area contributed by atoms with Crippen LogP contribution in [-0.2, 0) is 10.0 Å². The first kappa shape index (κ1) is 21.6. The molecule has 3 aromatic carbocycles. The molecule has 0 aliphatic carbocycles. The minimum Gasteiger partial charge on any atom is -0.340 e. The number of rotatable bonds is 6. The molecule has 5 rings (SSSR count). The first-order valence-electron chi connectivity index (χ1n) is 10.4. The van der Waals surface area contributed by atoms with Crippen LogP contribution >= 0.6 is 0 Å². The smallest absolute Gasteiger partial charge is 0.238 e. The number of para-hydroxylation sites is 2. The van der Waals surface area contributed by atoms with E-state index in [9.17, 15) is 8.42 Å². The Morgan fingerprint density at radius 1 is 0.853 bits per heavy atom. The van der Waals surface area contributed by atoms with Gasteiger partial charge in [0.1, 0.15) is 11.6 Å². The van der Waals surface area contributed by atoms with Gasteiger partial charge in [0, 0.05) is 28.7 Å². The molecule has 0 saturated carbocycles. The number of fused-ring (bicyclic) bond motifs is 1. The number of aromatic amines is 1. The lowest BCUT2D eigenvalue weighted by molar-refractivity contribution is 0.598. The average molecular weight is 472 g/mol. The highest BCUT2D eigenvalue weighted by molar-refractivity contribution is 7.89. The van der Waals surface area contributed by atoms with E-state index >= 15 is 0 Å². The molecule has 0 aliphatic heterocycles. The van der Waals surface area contributed by atoms with E-state index in [4.69, 9.17) is 5.14 Å². The van der Waals surface area contributed by atoms with Gasteiger partial charge in [-0.25, -0.2) is 23.5 Å². The Bertz CT molecular complexity index is 1550. The number of aryl methyl sites for hydroxylation is 1. The zero-order valence-corrected chi connectivity index (χ0v) is 19.0. The Kier molecular flexibility index (Phi) is 5.44. The van der Waals surface area contributed by atoms with E-state index in [2.05, 4.69) is 30.6 Å². The molecule has 5 N–H and O–H groups in total. The third-order valence-corrected chi connectivity index (χ3v) is 6.15. The molecule has 5 aromatic rings. The minimum atomic E-state index is -3.74. The third-order valence-electron chi connectivity index (χ3n) is 5.22. The maximum absolute atomic E-state index is 11.4. The van der Waals surface area contributed by atoms with Crippen molar-refractivity contribution in [2.45, 2.75) is 11.8 Å². The fourth-order valence-electron chi connectivity index (χ4n) is 3.42. The molecule has 10 heteroatoms. The zero-order valence-electron chi connectivity index (χ0n) is 18.1. The summed E-state index contributed by atoms with van der Waals surface area (Å²) in [6.07, 6.45) is 1.71. The van der Waals surface area contributed by atoms with Crippen molar-refractivity contribution in [1.82, 2.24) is 19.9 Å². The second-order valence-corrected chi connectivity index (χ2v) is 9.29. The van der Waals surface area contributed by atoms with Crippen LogP contribution in [0.15, 0.2) is 83.9 Å². The van der Waals surface area contributed by atoms with Crippen molar-refractivity contribution >= 4 is 44.2 Å². The Hall–Kier alpha value is -4.28. The molecule has 0 unspecified atom stereocenters. The average Bonchev–Trinajstić information content (AvgIpc) is 3.26. The molecule has 0 atom stereocenters. The summed E-state index contributed by atoms with van der Waals surface area (Å²) in [4.78, 5) is 16.9. The van der Waals surface area contributed by atoms with Crippen LogP contribution in [0, 0.1) is 6.92 Å². The summed E-state index contributed by atoms with van der Waals surface area (Å²) in [5.74, 6) is 1.83. The van der Waals surface area contributed by atoms with E-state index in [1.165, 1.54) is 12.1 Å². The molecular formula is C24H21N7O2S. The van der Waals surface area contributed by atoms with Gasteiger partial charge < -0.3 is 15.6 Å². The van der Waals surface area contributed by atoms with Crippen molar-refractivity contribution < 1.29 is 8.42 Å². The van der Waals surface area contributed by atoms with Gasteiger partial charge in [0.25, 0.3) is 0 Å². The molecule has 34 heavy (non-hydrogen) atoms. The van der Waals surface area contributed by atoms with Crippen LogP contribution in [-0.4, -0.2) is 28.4 Å². The van der Waals surface area contributed by atoms with Gasteiger partial charge in [-0.05, 0) is 67.6 Å². The van der Waals surface area contributed by atoms with Gasteiger partial charge in [-0.15, -0.1) is 0 Å². The number of hydrogen-bond acceptors (Lipinski definition) is 7. The lowest BCUT2D eigenvalue weighted by Crippen LogP contribution is -2.11. The van der Waals surface area contributed by atoms with Gasteiger partial charge in [0.2, 0.25) is 16.0 Å². The van der Waals surface area contributed by atoms with E-state index in [1.54, 1.807) is 18.3 Å². The number of anilines is 4. The molecular weight excluding hydrogens is 450 g/mol. The van der Waals surface area contributed by atoms with E-state index < -0.39 is 10.0 Å². The van der Waals surface area contributed by atoms with Crippen molar-refractivity contribution in [1.29, 1.82) is 0 Å². The molecule has 0 bridgehead atoms. The highest BCUT2D eigenvalue weighted by Crippen LogP contribution is 2.25. The van der Waals surface area contributed by atoms with Crippen molar-refractivity contribution in [3.05, 3.63) is 84.6 Å².